The van der Waals surface area contributed by atoms with E-state index >= 15 is 0 Å². The molecule has 0 atom stereocenters. The van der Waals surface area contributed by atoms with Crippen molar-refractivity contribution in [2.24, 2.45) is 5.73 Å². The summed E-state index contributed by atoms with van der Waals surface area (Å²) in [6.45, 7) is 2.48. The molecule has 0 saturated carbocycles. The standard InChI is InChI=1S/C14H18ClN3O3/c15-12-9-10(17-13(19)3-4-16)1-2-11(12)14(20)18-5-7-21-8-6-18/h1-2,9H,3-8,16H2,(H,17,19). The van der Waals surface area contributed by atoms with Crippen LogP contribution in [0.5, 0.6) is 0 Å². The minimum Gasteiger partial charge on any atom is -0.378 e. The third kappa shape index (κ3) is 4.17. The van der Waals surface area contributed by atoms with Gasteiger partial charge in [0, 0.05) is 31.7 Å². The van der Waals surface area contributed by atoms with E-state index < -0.39 is 0 Å². The van der Waals surface area contributed by atoms with E-state index in [0.29, 0.717) is 42.6 Å². The molecular formula is C14H18ClN3O3. The molecule has 1 aromatic carbocycles. The Kier molecular flexibility index (Phi) is 5.55. The van der Waals surface area contributed by atoms with Gasteiger partial charge in [0.25, 0.3) is 5.91 Å². The van der Waals surface area contributed by atoms with Crippen LogP contribution < -0.4 is 11.1 Å². The van der Waals surface area contributed by atoms with Crippen LogP contribution in [-0.2, 0) is 9.53 Å². The molecule has 6 nitrogen and oxygen atoms in total. The van der Waals surface area contributed by atoms with Crippen molar-refractivity contribution >= 4 is 29.1 Å². The molecule has 0 aromatic heterocycles. The Balaban J connectivity index is 2.07. The number of morpholine rings is 1. The highest BCUT2D eigenvalue weighted by molar-refractivity contribution is 6.34. The molecule has 0 radical (unpaired) electrons. The molecule has 1 saturated heterocycles. The van der Waals surface area contributed by atoms with Crippen molar-refractivity contribution in [3.8, 4) is 0 Å². The van der Waals surface area contributed by atoms with E-state index in [0.717, 1.165) is 0 Å². The second-order valence-corrected chi connectivity index (χ2v) is 5.09. The lowest BCUT2D eigenvalue weighted by molar-refractivity contribution is -0.116. The maximum absolute atomic E-state index is 12.3. The lowest BCUT2D eigenvalue weighted by Gasteiger charge is -2.27. The van der Waals surface area contributed by atoms with Gasteiger partial charge in [-0.1, -0.05) is 11.6 Å². The smallest absolute Gasteiger partial charge is 0.255 e. The Morgan fingerprint density at radius 2 is 2.05 bits per heavy atom. The number of hydrogen-bond acceptors (Lipinski definition) is 4. The molecule has 114 valence electrons. The number of rotatable bonds is 4. The molecule has 1 aromatic rings. The Bertz CT molecular complexity index is 530. The summed E-state index contributed by atoms with van der Waals surface area (Å²) in [5.74, 6) is -0.302. The van der Waals surface area contributed by atoms with Crippen molar-refractivity contribution in [2.75, 3.05) is 38.2 Å². The van der Waals surface area contributed by atoms with E-state index in [1.807, 2.05) is 0 Å². The molecule has 0 spiro atoms. The minimum absolute atomic E-state index is 0.122. The fourth-order valence-electron chi connectivity index (χ4n) is 2.06. The number of halogens is 1. The van der Waals surface area contributed by atoms with Gasteiger partial charge < -0.3 is 20.7 Å². The summed E-state index contributed by atoms with van der Waals surface area (Å²) in [6, 6.07) is 4.86. The van der Waals surface area contributed by atoms with E-state index in [4.69, 9.17) is 22.1 Å². The molecule has 2 rings (SSSR count). The maximum Gasteiger partial charge on any atom is 0.255 e. The molecule has 1 aliphatic rings. The summed E-state index contributed by atoms with van der Waals surface area (Å²) in [7, 11) is 0. The van der Waals surface area contributed by atoms with Crippen molar-refractivity contribution in [1.29, 1.82) is 0 Å². The number of nitrogens with two attached hydrogens (primary N) is 1. The Morgan fingerprint density at radius 3 is 2.67 bits per heavy atom. The van der Waals surface area contributed by atoms with Gasteiger partial charge in [-0.15, -0.1) is 0 Å². The number of carbonyl (C=O) groups is 2. The predicted molar refractivity (Wildman–Crippen MR) is 80.5 cm³/mol. The maximum atomic E-state index is 12.3. The molecule has 21 heavy (non-hydrogen) atoms. The lowest BCUT2D eigenvalue weighted by Crippen LogP contribution is -2.40. The first kappa shape index (κ1) is 15.8. The van der Waals surface area contributed by atoms with Crippen LogP contribution in [0.1, 0.15) is 16.8 Å². The van der Waals surface area contributed by atoms with Crippen LogP contribution in [-0.4, -0.2) is 49.6 Å². The van der Waals surface area contributed by atoms with Gasteiger partial charge in [-0.25, -0.2) is 0 Å². The molecule has 3 N–H and O–H groups in total. The zero-order valence-electron chi connectivity index (χ0n) is 11.6. The molecule has 0 aliphatic carbocycles. The summed E-state index contributed by atoms with van der Waals surface area (Å²) in [4.78, 5) is 25.5. The van der Waals surface area contributed by atoms with E-state index in [1.54, 1.807) is 23.1 Å². The summed E-state index contributed by atoms with van der Waals surface area (Å²) in [5.41, 5.74) is 6.29. The third-order valence-corrected chi connectivity index (χ3v) is 3.47. The van der Waals surface area contributed by atoms with Crippen LogP contribution in [0.25, 0.3) is 0 Å². The van der Waals surface area contributed by atoms with Crippen LogP contribution in [0.2, 0.25) is 5.02 Å². The van der Waals surface area contributed by atoms with Crippen molar-refractivity contribution in [3.05, 3.63) is 28.8 Å². The van der Waals surface area contributed by atoms with Gasteiger partial charge in [0.15, 0.2) is 0 Å². The number of nitrogens with zero attached hydrogens (tertiary/aromatic N) is 1. The highest BCUT2D eigenvalue weighted by atomic mass is 35.5. The second kappa shape index (κ2) is 7.40. The molecule has 7 heteroatoms. The van der Waals surface area contributed by atoms with Crippen LogP contribution in [0.3, 0.4) is 0 Å². The molecule has 1 fully saturated rings. The van der Waals surface area contributed by atoms with Gasteiger partial charge in [0.1, 0.15) is 0 Å². The first-order valence-electron chi connectivity index (χ1n) is 6.78. The topological polar surface area (TPSA) is 84.7 Å². The largest absolute Gasteiger partial charge is 0.378 e. The Morgan fingerprint density at radius 1 is 1.33 bits per heavy atom. The Labute approximate surface area is 128 Å². The summed E-state index contributed by atoms with van der Waals surface area (Å²) < 4.78 is 5.22. The number of anilines is 1. The van der Waals surface area contributed by atoms with Gasteiger partial charge >= 0.3 is 0 Å². The first-order valence-corrected chi connectivity index (χ1v) is 7.16. The van der Waals surface area contributed by atoms with Gasteiger partial charge in [-0.05, 0) is 18.2 Å². The zero-order chi connectivity index (χ0) is 15.2. The number of hydrogen-bond donors (Lipinski definition) is 2. The molecule has 0 unspecified atom stereocenters. The third-order valence-electron chi connectivity index (χ3n) is 3.15. The number of benzene rings is 1. The van der Waals surface area contributed by atoms with Crippen LogP contribution in [0.15, 0.2) is 18.2 Å². The molecule has 1 aliphatic heterocycles. The molecule has 1 heterocycles. The zero-order valence-corrected chi connectivity index (χ0v) is 12.4. The average molecular weight is 312 g/mol. The van der Waals surface area contributed by atoms with Crippen molar-refractivity contribution < 1.29 is 14.3 Å². The summed E-state index contributed by atoms with van der Waals surface area (Å²) in [6.07, 6.45) is 0.242. The Hall–Kier alpha value is -1.63. The normalized spacial score (nSPS) is 14.9. The average Bonchev–Trinajstić information content (AvgIpc) is 2.48. The first-order chi connectivity index (χ1) is 10.1. The molecular weight excluding hydrogens is 294 g/mol. The lowest BCUT2D eigenvalue weighted by atomic mass is 10.1. The van der Waals surface area contributed by atoms with E-state index in [9.17, 15) is 9.59 Å². The molecule has 2 amide bonds. The quantitative estimate of drug-likeness (QED) is 0.872. The fourth-order valence-corrected chi connectivity index (χ4v) is 2.32. The number of carbonyl (C=O) groups excluding carboxylic acids is 2. The highest BCUT2D eigenvalue weighted by Gasteiger charge is 2.20. The van der Waals surface area contributed by atoms with Crippen LogP contribution in [0.4, 0.5) is 5.69 Å². The summed E-state index contributed by atoms with van der Waals surface area (Å²) >= 11 is 6.15. The second-order valence-electron chi connectivity index (χ2n) is 4.69. The minimum atomic E-state index is -0.180. The van der Waals surface area contributed by atoms with Crippen molar-refractivity contribution in [2.45, 2.75) is 6.42 Å². The van der Waals surface area contributed by atoms with Gasteiger partial charge in [-0.2, -0.15) is 0 Å². The number of nitrogens with one attached hydrogen (secondary N) is 1. The SMILES string of the molecule is NCCC(=O)Nc1ccc(C(=O)N2CCOCC2)c(Cl)c1. The van der Waals surface area contributed by atoms with Crippen LogP contribution >= 0.6 is 11.6 Å². The number of ether oxygens (including phenoxy) is 1. The van der Waals surface area contributed by atoms with Gasteiger partial charge in [0.2, 0.25) is 5.91 Å². The monoisotopic (exact) mass is 311 g/mol. The van der Waals surface area contributed by atoms with E-state index in [-0.39, 0.29) is 24.8 Å². The summed E-state index contributed by atoms with van der Waals surface area (Å²) in [5, 5.41) is 3.00. The van der Waals surface area contributed by atoms with E-state index in [2.05, 4.69) is 5.32 Å². The predicted octanol–water partition coefficient (Wildman–Crippen LogP) is 1.10. The van der Waals surface area contributed by atoms with Crippen LogP contribution in [0, 0.1) is 0 Å². The van der Waals surface area contributed by atoms with Crippen molar-refractivity contribution in [3.63, 3.8) is 0 Å². The van der Waals surface area contributed by atoms with Crippen molar-refractivity contribution in [1.82, 2.24) is 4.90 Å². The van der Waals surface area contributed by atoms with E-state index in [1.165, 1.54) is 0 Å². The van der Waals surface area contributed by atoms with Gasteiger partial charge in [-0.3, -0.25) is 9.59 Å². The molecule has 0 bridgehead atoms. The number of amides is 2. The fraction of sp³-hybridized carbons (Fsp3) is 0.429. The van der Waals surface area contributed by atoms with Gasteiger partial charge in [0.05, 0.1) is 23.8 Å². The highest BCUT2D eigenvalue weighted by Crippen LogP contribution is 2.23.